The van der Waals surface area contributed by atoms with Gasteiger partial charge in [-0.1, -0.05) is 64.2 Å². The largest absolute Gasteiger partial charge is 0.481 e. The molecule has 0 spiro atoms. The number of aliphatic carboxylic acids is 1. The maximum atomic E-state index is 10.3. The number of hydrogen-bond donors (Lipinski definition) is 3. The molecule has 0 aromatic carbocycles. The van der Waals surface area contributed by atoms with E-state index >= 15 is 0 Å². The minimum atomic E-state index is -0.673. The normalized spacial score (nSPS) is 10.5. The molecule has 0 fully saturated rings. The number of aliphatic imine (C=N–C) groups is 1. The van der Waals surface area contributed by atoms with Gasteiger partial charge < -0.3 is 16.6 Å². The Kier molecular flexibility index (Phi) is 14.2. The van der Waals surface area contributed by atoms with Crippen molar-refractivity contribution in [2.24, 2.45) is 16.5 Å². The van der Waals surface area contributed by atoms with Gasteiger partial charge in [0, 0.05) is 13.0 Å². The number of hydrogen-bond acceptors (Lipinski definition) is 2. The highest BCUT2D eigenvalue weighted by atomic mass is 16.4. The lowest BCUT2D eigenvalue weighted by atomic mass is 10.0. The van der Waals surface area contributed by atoms with Crippen LogP contribution in [-0.4, -0.2) is 23.6 Å². The van der Waals surface area contributed by atoms with Crippen molar-refractivity contribution >= 4 is 11.9 Å². The van der Waals surface area contributed by atoms with Crippen LogP contribution in [0.3, 0.4) is 0 Å². The van der Waals surface area contributed by atoms with E-state index in [0.717, 1.165) is 25.8 Å². The molecule has 0 rings (SSSR count). The molecule has 124 valence electrons. The molecule has 0 radical (unpaired) electrons. The molecule has 0 saturated heterocycles. The van der Waals surface area contributed by atoms with Crippen molar-refractivity contribution in [2.45, 2.75) is 83.5 Å². The summed E-state index contributed by atoms with van der Waals surface area (Å²) in [5.41, 5.74) is 10.5. The van der Waals surface area contributed by atoms with Gasteiger partial charge in [0.1, 0.15) is 0 Å². The molecular formula is C16H33N3O2. The van der Waals surface area contributed by atoms with Crippen molar-refractivity contribution in [3.63, 3.8) is 0 Å². The first-order valence-electron chi connectivity index (χ1n) is 8.40. The number of carboxylic acid groups (broad SMARTS) is 1. The zero-order chi connectivity index (χ0) is 15.8. The van der Waals surface area contributed by atoms with Crippen LogP contribution in [0, 0.1) is 0 Å². The van der Waals surface area contributed by atoms with Gasteiger partial charge in [-0.15, -0.1) is 0 Å². The van der Waals surface area contributed by atoms with Crippen LogP contribution in [0.4, 0.5) is 0 Å². The molecule has 5 heteroatoms. The van der Waals surface area contributed by atoms with Crippen molar-refractivity contribution in [2.75, 3.05) is 6.54 Å². The van der Waals surface area contributed by atoms with Gasteiger partial charge in [-0.05, 0) is 12.8 Å². The van der Waals surface area contributed by atoms with Crippen LogP contribution >= 0.6 is 0 Å². The Bertz CT molecular complexity index is 277. The van der Waals surface area contributed by atoms with Crippen molar-refractivity contribution in [1.82, 2.24) is 0 Å². The molecule has 0 saturated carbocycles. The molecular weight excluding hydrogens is 266 g/mol. The molecule has 0 aliphatic carbocycles. The summed E-state index contributed by atoms with van der Waals surface area (Å²) in [5, 5.41) is 8.51. The molecule has 0 aromatic rings. The van der Waals surface area contributed by atoms with E-state index in [1.807, 2.05) is 0 Å². The molecule has 5 N–H and O–H groups in total. The van der Waals surface area contributed by atoms with E-state index in [1.54, 1.807) is 0 Å². The number of rotatable bonds is 15. The quantitative estimate of drug-likeness (QED) is 0.245. The number of unbranched alkanes of at least 4 members (excludes halogenated alkanes) is 11. The molecule has 0 aromatic heterocycles. The fourth-order valence-corrected chi connectivity index (χ4v) is 2.36. The van der Waals surface area contributed by atoms with Gasteiger partial charge in [-0.25, -0.2) is 0 Å². The maximum absolute atomic E-state index is 10.3. The highest BCUT2D eigenvalue weighted by molar-refractivity contribution is 5.75. The summed E-state index contributed by atoms with van der Waals surface area (Å²) in [6.45, 7) is 0.754. The van der Waals surface area contributed by atoms with Crippen molar-refractivity contribution in [3.05, 3.63) is 0 Å². The highest BCUT2D eigenvalue weighted by Crippen LogP contribution is 2.12. The lowest BCUT2D eigenvalue weighted by Crippen LogP contribution is -2.22. The van der Waals surface area contributed by atoms with Gasteiger partial charge in [0.15, 0.2) is 5.96 Å². The lowest BCUT2D eigenvalue weighted by Gasteiger charge is -2.02. The van der Waals surface area contributed by atoms with Crippen LogP contribution < -0.4 is 11.5 Å². The molecule has 0 aliphatic heterocycles. The fraction of sp³-hybridized carbons (Fsp3) is 0.875. The number of nitrogens with two attached hydrogens (primary N) is 2. The van der Waals surface area contributed by atoms with Gasteiger partial charge in [0.05, 0.1) is 0 Å². The van der Waals surface area contributed by atoms with Crippen molar-refractivity contribution in [1.29, 1.82) is 0 Å². The number of nitrogens with zero attached hydrogens (tertiary/aromatic N) is 1. The topological polar surface area (TPSA) is 102 Å². The first kappa shape index (κ1) is 19.7. The minimum absolute atomic E-state index is 0.193. The van der Waals surface area contributed by atoms with E-state index in [9.17, 15) is 4.79 Å². The third-order valence-electron chi connectivity index (χ3n) is 3.59. The Hall–Kier alpha value is -1.26. The average molecular weight is 299 g/mol. The van der Waals surface area contributed by atoms with E-state index in [1.165, 1.54) is 57.8 Å². The molecule has 0 amide bonds. The lowest BCUT2D eigenvalue weighted by molar-refractivity contribution is -0.137. The van der Waals surface area contributed by atoms with Crippen LogP contribution in [-0.2, 0) is 4.79 Å². The van der Waals surface area contributed by atoms with Crippen LogP contribution in [0.1, 0.15) is 83.5 Å². The van der Waals surface area contributed by atoms with Crippen LogP contribution in [0.15, 0.2) is 4.99 Å². The highest BCUT2D eigenvalue weighted by Gasteiger charge is 1.97. The number of carboxylic acids is 1. The van der Waals surface area contributed by atoms with E-state index in [2.05, 4.69) is 4.99 Å². The van der Waals surface area contributed by atoms with E-state index in [-0.39, 0.29) is 5.96 Å². The van der Waals surface area contributed by atoms with Gasteiger partial charge in [-0.2, -0.15) is 0 Å². The zero-order valence-electron chi connectivity index (χ0n) is 13.4. The average Bonchev–Trinajstić information content (AvgIpc) is 2.42. The Morgan fingerprint density at radius 1 is 0.714 bits per heavy atom. The van der Waals surface area contributed by atoms with Gasteiger partial charge in [0.25, 0.3) is 0 Å². The molecule has 0 unspecified atom stereocenters. The first-order chi connectivity index (χ1) is 10.1. The summed E-state index contributed by atoms with van der Waals surface area (Å²) in [5.74, 6) is -0.480. The summed E-state index contributed by atoms with van der Waals surface area (Å²) < 4.78 is 0. The van der Waals surface area contributed by atoms with Crippen molar-refractivity contribution < 1.29 is 9.90 Å². The SMILES string of the molecule is NC(N)=NCCCCCCCCCCCCCCC(=O)O. The van der Waals surface area contributed by atoms with Gasteiger partial charge >= 0.3 is 5.97 Å². The Morgan fingerprint density at radius 2 is 1.10 bits per heavy atom. The van der Waals surface area contributed by atoms with E-state index in [4.69, 9.17) is 16.6 Å². The van der Waals surface area contributed by atoms with Crippen molar-refractivity contribution in [3.8, 4) is 0 Å². The second-order valence-electron chi connectivity index (χ2n) is 5.69. The predicted octanol–water partition coefficient (Wildman–Crippen LogP) is 3.42. The summed E-state index contributed by atoms with van der Waals surface area (Å²) in [7, 11) is 0. The molecule has 5 nitrogen and oxygen atoms in total. The third kappa shape index (κ3) is 18.7. The molecule has 0 aliphatic rings. The van der Waals surface area contributed by atoms with Gasteiger partial charge in [-0.3, -0.25) is 9.79 Å². The van der Waals surface area contributed by atoms with Crippen LogP contribution in [0.2, 0.25) is 0 Å². The standard InChI is InChI=1S/C16H33N3O2/c17-16(18)19-14-12-10-8-6-4-2-1-3-5-7-9-11-13-15(20)21/h1-14H2,(H,20,21)(H4,17,18,19). The second kappa shape index (κ2) is 15.1. The molecule has 0 heterocycles. The number of carbonyl (C=O) groups is 1. The minimum Gasteiger partial charge on any atom is -0.481 e. The summed E-state index contributed by atoms with van der Waals surface area (Å²) in [6.07, 6.45) is 14.7. The Labute approximate surface area is 129 Å². The summed E-state index contributed by atoms with van der Waals surface area (Å²) in [4.78, 5) is 14.3. The first-order valence-corrected chi connectivity index (χ1v) is 8.40. The van der Waals surface area contributed by atoms with E-state index in [0.29, 0.717) is 6.42 Å². The summed E-state index contributed by atoms with van der Waals surface area (Å²) in [6, 6.07) is 0. The second-order valence-corrected chi connectivity index (χ2v) is 5.69. The monoisotopic (exact) mass is 299 g/mol. The molecule has 0 atom stereocenters. The third-order valence-corrected chi connectivity index (χ3v) is 3.59. The molecule has 21 heavy (non-hydrogen) atoms. The maximum Gasteiger partial charge on any atom is 0.303 e. The number of guanidine groups is 1. The zero-order valence-corrected chi connectivity index (χ0v) is 13.4. The molecule has 0 bridgehead atoms. The predicted molar refractivity (Wildman–Crippen MR) is 88.3 cm³/mol. The van der Waals surface area contributed by atoms with Crippen LogP contribution in [0.25, 0.3) is 0 Å². The van der Waals surface area contributed by atoms with E-state index < -0.39 is 5.97 Å². The smallest absolute Gasteiger partial charge is 0.303 e. The Balaban J connectivity index is 3.03. The summed E-state index contributed by atoms with van der Waals surface area (Å²) >= 11 is 0. The van der Waals surface area contributed by atoms with Gasteiger partial charge in [0.2, 0.25) is 0 Å². The fourth-order valence-electron chi connectivity index (χ4n) is 2.36. The Morgan fingerprint density at radius 3 is 1.48 bits per heavy atom. The van der Waals surface area contributed by atoms with Crippen LogP contribution in [0.5, 0.6) is 0 Å².